The minimum Gasteiger partial charge on any atom is -0.302 e. The maximum Gasteiger partial charge on any atom is 0.252 e. The van der Waals surface area contributed by atoms with Crippen molar-refractivity contribution in [2.45, 2.75) is 35.9 Å². The van der Waals surface area contributed by atoms with Gasteiger partial charge in [-0.15, -0.1) is 11.3 Å². The average Bonchev–Trinajstić information content (AvgIpc) is 3.12. The molecule has 0 aromatic carbocycles. The van der Waals surface area contributed by atoms with Gasteiger partial charge in [0, 0.05) is 19.1 Å². The van der Waals surface area contributed by atoms with Crippen molar-refractivity contribution in [1.82, 2.24) is 9.21 Å². The van der Waals surface area contributed by atoms with Gasteiger partial charge in [-0.3, -0.25) is 0 Å². The number of thiophene rings is 1. The zero-order valence-corrected chi connectivity index (χ0v) is 12.6. The lowest BCUT2D eigenvalue weighted by atomic mass is 10.2. The van der Waals surface area contributed by atoms with Crippen LogP contribution >= 0.6 is 11.3 Å². The first kappa shape index (κ1) is 13.5. The zero-order chi connectivity index (χ0) is 13.3. The van der Waals surface area contributed by atoms with E-state index in [9.17, 15) is 8.42 Å². The number of hydrogen-bond donors (Lipinski definition) is 0. The summed E-state index contributed by atoms with van der Waals surface area (Å²) in [5, 5.41) is 1.83. The molecule has 0 bridgehead atoms. The molecule has 0 N–H and O–H groups in total. The Kier molecular flexibility index (Phi) is 3.93. The monoisotopic (exact) mass is 300 g/mol. The molecule has 106 valence electrons. The van der Waals surface area contributed by atoms with E-state index < -0.39 is 10.0 Å². The van der Waals surface area contributed by atoms with Crippen LogP contribution in [0.3, 0.4) is 0 Å². The molecule has 0 radical (unpaired) electrons. The molecule has 6 heteroatoms. The minimum atomic E-state index is -3.26. The number of likely N-dealkylation sites (tertiary alicyclic amines) is 1. The van der Waals surface area contributed by atoms with Crippen LogP contribution in [0, 0.1) is 0 Å². The highest BCUT2D eigenvalue weighted by atomic mass is 32.2. The Balaban J connectivity index is 1.75. The van der Waals surface area contributed by atoms with E-state index in [1.807, 2.05) is 11.4 Å². The maximum absolute atomic E-state index is 12.6. The van der Waals surface area contributed by atoms with Crippen molar-refractivity contribution in [3.8, 4) is 0 Å². The van der Waals surface area contributed by atoms with E-state index in [0.717, 1.165) is 32.5 Å². The van der Waals surface area contributed by atoms with Gasteiger partial charge in [0.25, 0.3) is 10.0 Å². The third-order valence-electron chi connectivity index (χ3n) is 4.05. The van der Waals surface area contributed by atoms with E-state index in [-0.39, 0.29) is 6.04 Å². The Bertz CT molecular complexity index is 507. The summed E-state index contributed by atoms with van der Waals surface area (Å²) in [5.41, 5.74) is 0. The van der Waals surface area contributed by atoms with Crippen LogP contribution in [-0.4, -0.2) is 49.8 Å². The van der Waals surface area contributed by atoms with E-state index >= 15 is 0 Å². The van der Waals surface area contributed by atoms with Crippen LogP contribution in [0.5, 0.6) is 0 Å². The van der Waals surface area contributed by atoms with Gasteiger partial charge in [-0.1, -0.05) is 6.07 Å². The summed E-state index contributed by atoms with van der Waals surface area (Å²) in [5.74, 6) is 0. The third-order valence-corrected chi connectivity index (χ3v) is 7.37. The number of sulfonamides is 1. The average molecular weight is 300 g/mol. The molecule has 19 heavy (non-hydrogen) atoms. The molecule has 2 saturated heterocycles. The molecule has 3 rings (SSSR count). The van der Waals surface area contributed by atoms with Gasteiger partial charge in [0.1, 0.15) is 4.21 Å². The van der Waals surface area contributed by atoms with Gasteiger partial charge >= 0.3 is 0 Å². The Morgan fingerprint density at radius 1 is 1.21 bits per heavy atom. The van der Waals surface area contributed by atoms with Gasteiger partial charge < -0.3 is 4.90 Å². The third kappa shape index (κ3) is 2.72. The zero-order valence-electron chi connectivity index (χ0n) is 11.0. The van der Waals surface area contributed by atoms with Crippen molar-refractivity contribution < 1.29 is 8.42 Å². The van der Waals surface area contributed by atoms with Gasteiger partial charge in [0.05, 0.1) is 0 Å². The summed E-state index contributed by atoms with van der Waals surface area (Å²) in [6, 6.07) is 3.69. The number of nitrogens with zero attached hydrogens (tertiary/aromatic N) is 2. The first-order valence-electron chi connectivity index (χ1n) is 6.95. The van der Waals surface area contributed by atoms with E-state index in [4.69, 9.17) is 0 Å². The van der Waals surface area contributed by atoms with Gasteiger partial charge in [0.2, 0.25) is 0 Å². The van der Waals surface area contributed by atoms with Crippen LogP contribution < -0.4 is 0 Å². The summed E-state index contributed by atoms with van der Waals surface area (Å²) in [4.78, 5) is 2.41. The summed E-state index contributed by atoms with van der Waals surface area (Å²) in [6.07, 6.45) is 4.50. The Morgan fingerprint density at radius 3 is 2.68 bits per heavy atom. The highest BCUT2D eigenvalue weighted by molar-refractivity contribution is 7.91. The van der Waals surface area contributed by atoms with Crippen molar-refractivity contribution in [1.29, 1.82) is 0 Å². The molecule has 0 amide bonds. The highest BCUT2D eigenvalue weighted by Crippen LogP contribution is 2.29. The van der Waals surface area contributed by atoms with Gasteiger partial charge in [-0.2, -0.15) is 4.31 Å². The SMILES string of the molecule is O=S(=O)(c1cccs1)N1CCC[C@H]1CN1CCCC1. The summed E-state index contributed by atoms with van der Waals surface area (Å²) in [6.45, 7) is 3.84. The molecule has 0 aliphatic carbocycles. The van der Waals surface area contributed by atoms with Crippen molar-refractivity contribution in [2.75, 3.05) is 26.2 Å². The second-order valence-electron chi connectivity index (χ2n) is 5.35. The fourth-order valence-electron chi connectivity index (χ4n) is 3.10. The highest BCUT2D eigenvalue weighted by Gasteiger charge is 2.36. The Labute approximate surface area is 119 Å². The fraction of sp³-hybridized carbons (Fsp3) is 0.692. The summed E-state index contributed by atoms with van der Waals surface area (Å²) < 4.78 is 27.4. The second kappa shape index (κ2) is 5.52. The molecule has 0 spiro atoms. The van der Waals surface area contributed by atoms with Gasteiger partial charge in [-0.25, -0.2) is 8.42 Å². The van der Waals surface area contributed by atoms with Crippen LogP contribution in [0.1, 0.15) is 25.7 Å². The molecule has 2 aliphatic rings. The van der Waals surface area contributed by atoms with E-state index in [1.54, 1.807) is 10.4 Å². The largest absolute Gasteiger partial charge is 0.302 e. The predicted molar refractivity (Wildman–Crippen MR) is 76.9 cm³/mol. The molecule has 0 unspecified atom stereocenters. The van der Waals surface area contributed by atoms with E-state index in [0.29, 0.717) is 10.8 Å². The number of rotatable bonds is 4. The molecule has 2 fully saturated rings. The van der Waals surface area contributed by atoms with E-state index in [2.05, 4.69) is 4.90 Å². The molecule has 1 aromatic rings. The first-order chi connectivity index (χ1) is 9.18. The topological polar surface area (TPSA) is 40.6 Å². The second-order valence-corrected chi connectivity index (χ2v) is 8.42. The first-order valence-corrected chi connectivity index (χ1v) is 9.27. The van der Waals surface area contributed by atoms with Crippen molar-refractivity contribution in [3.63, 3.8) is 0 Å². The molecular formula is C13H20N2O2S2. The van der Waals surface area contributed by atoms with Crippen LogP contribution in [0.4, 0.5) is 0 Å². The molecule has 1 atom stereocenters. The minimum absolute atomic E-state index is 0.171. The Hall–Kier alpha value is -0.430. The van der Waals surface area contributed by atoms with Crippen molar-refractivity contribution in [2.24, 2.45) is 0 Å². The van der Waals surface area contributed by atoms with Crippen LogP contribution in [0.2, 0.25) is 0 Å². The maximum atomic E-state index is 12.6. The quantitative estimate of drug-likeness (QED) is 0.854. The Morgan fingerprint density at radius 2 is 2.00 bits per heavy atom. The molecule has 3 heterocycles. The molecule has 0 saturated carbocycles. The van der Waals surface area contributed by atoms with Crippen molar-refractivity contribution >= 4 is 21.4 Å². The summed E-state index contributed by atoms with van der Waals surface area (Å²) >= 11 is 1.32. The smallest absolute Gasteiger partial charge is 0.252 e. The lowest BCUT2D eigenvalue weighted by Crippen LogP contribution is -2.42. The number of hydrogen-bond acceptors (Lipinski definition) is 4. The van der Waals surface area contributed by atoms with Crippen LogP contribution in [0.25, 0.3) is 0 Å². The van der Waals surface area contributed by atoms with Crippen molar-refractivity contribution in [3.05, 3.63) is 17.5 Å². The molecule has 2 aliphatic heterocycles. The molecular weight excluding hydrogens is 280 g/mol. The summed E-state index contributed by atoms with van der Waals surface area (Å²) in [7, 11) is -3.26. The molecule has 4 nitrogen and oxygen atoms in total. The van der Waals surface area contributed by atoms with Crippen LogP contribution in [0.15, 0.2) is 21.7 Å². The fourth-order valence-corrected chi connectivity index (χ4v) is 5.90. The van der Waals surface area contributed by atoms with E-state index in [1.165, 1.54) is 24.2 Å². The van der Waals surface area contributed by atoms with Crippen LogP contribution in [-0.2, 0) is 10.0 Å². The lowest BCUT2D eigenvalue weighted by molar-refractivity contribution is 0.257. The molecule has 1 aromatic heterocycles. The normalized spacial score (nSPS) is 26.2. The van der Waals surface area contributed by atoms with Gasteiger partial charge in [0.15, 0.2) is 0 Å². The standard InChI is InChI=1S/C13H20N2O2S2/c16-19(17,13-6-4-10-18-13)15-9-3-5-12(15)11-14-7-1-2-8-14/h4,6,10,12H,1-3,5,7-9,11H2/t12-/m0/s1. The predicted octanol–water partition coefficient (Wildman–Crippen LogP) is 2.00. The lowest BCUT2D eigenvalue weighted by Gasteiger charge is -2.27. The van der Waals surface area contributed by atoms with Gasteiger partial charge in [-0.05, 0) is 50.2 Å².